The monoisotopic (exact) mass is 225 g/mol. The highest BCUT2D eigenvalue weighted by Crippen LogP contribution is 2.18. The Labute approximate surface area is 94.3 Å². The molecule has 2 unspecified atom stereocenters. The molecule has 2 N–H and O–H groups in total. The van der Waals surface area contributed by atoms with Crippen molar-refractivity contribution in [2.45, 2.75) is 32.1 Å². The second kappa shape index (κ2) is 5.31. The molecule has 3 heteroatoms. The maximum atomic E-state index is 12.0. The van der Waals surface area contributed by atoms with Crippen molar-refractivity contribution in [1.82, 2.24) is 0 Å². The fourth-order valence-electron chi connectivity index (χ4n) is 1.39. The first-order valence-electron chi connectivity index (χ1n) is 5.29. The highest BCUT2D eigenvalue weighted by molar-refractivity contribution is 7.85. The Morgan fingerprint density at radius 3 is 2.67 bits per heavy atom. The Balaban J connectivity index is 2.82. The van der Waals surface area contributed by atoms with Gasteiger partial charge in [-0.3, -0.25) is 4.21 Å². The number of nitrogen functional groups attached to an aromatic ring is 1. The van der Waals surface area contributed by atoms with E-state index in [2.05, 4.69) is 13.8 Å². The van der Waals surface area contributed by atoms with Gasteiger partial charge in [0.15, 0.2) is 0 Å². The van der Waals surface area contributed by atoms with E-state index in [4.69, 9.17) is 5.73 Å². The van der Waals surface area contributed by atoms with Gasteiger partial charge in [-0.15, -0.1) is 0 Å². The molecule has 15 heavy (non-hydrogen) atoms. The molecule has 0 aliphatic carbocycles. The van der Waals surface area contributed by atoms with Crippen LogP contribution in [0.15, 0.2) is 23.1 Å². The average Bonchev–Trinajstić information content (AvgIpc) is 2.17. The van der Waals surface area contributed by atoms with E-state index in [1.165, 1.54) is 0 Å². The Bertz CT molecular complexity index is 363. The smallest absolute Gasteiger partial charge is 0.0534 e. The van der Waals surface area contributed by atoms with Crippen molar-refractivity contribution < 1.29 is 4.21 Å². The summed E-state index contributed by atoms with van der Waals surface area (Å²) in [6, 6.07) is 5.57. The van der Waals surface area contributed by atoms with Crippen LogP contribution in [-0.2, 0) is 10.8 Å². The number of nitrogens with two attached hydrogens (primary N) is 1. The third-order valence-corrected chi connectivity index (χ3v) is 4.40. The van der Waals surface area contributed by atoms with Crippen LogP contribution in [0.1, 0.15) is 25.8 Å². The van der Waals surface area contributed by atoms with Gasteiger partial charge in [0.2, 0.25) is 0 Å². The first-order chi connectivity index (χ1) is 7.04. The van der Waals surface area contributed by atoms with Gasteiger partial charge in [0, 0.05) is 16.3 Å². The van der Waals surface area contributed by atoms with Gasteiger partial charge in [-0.25, -0.2) is 0 Å². The van der Waals surface area contributed by atoms with Gasteiger partial charge in [0.05, 0.1) is 10.8 Å². The molecule has 1 aromatic rings. The van der Waals surface area contributed by atoms with Crippen LogP contribution in [-0.4, -0.2) is 9.96 Å². The summed E-state index contributed by atoms with van der Waals surface area (Å²) in [6.07, 6.45) is 1.07. The van der Waals surface area contributed by atoms with Crippen LogP contribution in [0.2, 0.25) is 0 Å². The van der Waals surface area contributed by atoms with Gasteiger partial charge in [0.1, 0.15) is 0 Å². The zero-order valence-corrected chi connectivity index (χ0v) is 10.4. The summed E-state index contributed by atoms with van der Waals surface area (Å²) < 4.78 is 12.0. The molecule has 0 fully saturated rings. The molecule has 0 saturated heterocycles. The molecular weight excluding hydrogens is 206 g/mol. The van der Waals surface area contributed by atoms with E-state index in [1.807, 2.05) is 25.1 Å². The van der Waals surface area contributed by atoms with E-state index in [1.54, 1.807) is 0 Å². The normalized spacial score (nSPS) is 14.9. The van der Waals surface area contributed by atoms with Crippen LogP contribution in [0.25, 0.3) is 0 Å². The molecular formula is C12H19NOS. The van der Waals surface area contributed by atoms with Crippen LogP contribution in [0.5, 0.6) is 0 Å². The third-order valence-electron chi connectivity index (χ3n) is 2.58. The summed E-state index contributed by atoms with van der Waals surface area (Å²) in [7, 11) is -0.889. The fraction of sp³-hybridized carbons (Fsp3) is 0.500. The molecule has 2 atom stereocenters. The molecule has 0 heterocycles. The number of rotatable bonds is 4. The zero-order valence-electron chi connectivity index (χ0n) is 9.62. The zero-order chi connectivity index (χ0) is 11.4. The lowest BCUT2D eigenvalue weighted by Gasteiger charge is -2.10. The number of benzene rings is 1. The minimum absolute atomic E-state index is 0.503. The van der Waals surface area contributed by atoms with E-state index in [0.29, 0.717) is 5.92 Å². The molecule has 0 radical (unpaired) electrons. The molecule has 84 valence electrons. The average molecular weight is 225 g/mol. The van der Waals surface area contributed by atoms with Crippen LogP contribution in [0, 0.1) is 12.8 Å². The molecule has 0 aliphatic rings. The first-order valence-corrected chi connectivity index (χ1v) is 6.61. The molecule has 0 amide bonds. The second-order valence-corrected chi connectivity index (χ2v) is 5.51. The summed E-state index contributed by atoms with van der Waals surface area (Å²) in [5.41, 5.74) is 7.41. The van der Waals surface area contributed by atoms with Crippen LogP contribution < -0.4 is 5.73 Å². The summed E-state index contributed by atoms with van der Waals surface area (Å²) in [6.45, 7) is 6.21. The molecule has 0 aliphatic heterocycles. The van der Waals surface area contributed by atoms with Crippen molar-refractivity contribution in [2.24, 2.45) is 5.92 Å². The standard InChI is InChI=1S/C12H19NOS/c1-4-9(2)8-15(14)12-6-5-11(13)7-10(12)3/h5-7,9H,4,8,13H2,1-3H3. The predicted molar refractivity (Wildman–Crippen MR) is 66.3 cm³/mol. The molecule has 1 rings (SSSR count). The maximum absolute atomic E-state index is 12.0. The fourth-order valence-corrected chi connectivity index (χ4v) is 2.96. The second-order valence-electron chi connectivity index (χ2n) is 4.05. The molecule has 0 spiro atoms. The van der Waals surface area contributed by atoms with Crippen molar-refractivity contribution in [3.05, 3.63) is 23.8 Å². The summed E-state index contributed by atoms with van der Waals surface area (Å²) in [4.78, 5) is 0.921. The van der Waals surface area contributed by atoms with Crippen molar-refractivity contribution in [2.75, 3.05) is 11.5 Å². The molecule has 0 aromatic heterocycles. The quantitative estimate of drug-likeness (QED) is 0.801. The van der Waals surface area contributed by atoms with Crippen LogP contribution in [0.4, 0.5) is 5.69 Å². The van der Waals surface area contributed by atoms with Crippen molar-refractivity contribution in [3.8, 4) is 0 Å². The Morgan fingerprint density at radius 1 is 1.47 bits per heavy atom. The minimum atomic E-state index is -0.889. The lowest BCUT2D eigenvalue weighted by Crippen LogP contribution is -2.08. The highest BCUT2D eigenvalue weighted by atomic mass is 32.2. The maximum Gasteiger partial charge on any atom is 0.0534 e. The highest BCUT2D eigenvalue weighted by Gasteiger charge is 2.10. The molecule has 0 saturated carbocycles. The van der Waals surface area contributed by atoms with E-state index in [9.17, 15) is 4.21 Å². The summed E-state index contributed by atoms with van der Waals surface area (Å²) >= 11 is 0. The SMILES string of the molecule is CCC(C)CS(=O)c1ccc(N)cc1C. The van der Waals surface area contributed by atoms with Gasteiger partial charge in [-0.1, -0.05) is 20.3 Å². The minimum Gasteiger partial charge on any atom is -0.399 e. The van der Waals surface area contributed by atoms with Crippen molar-refractivity contribution >= 4 is 16.5 Å². The van der Waals surface area contributed by atoms with Gasteiger partial charge in [-0.05, 0) is 36.6 Å². The topological polar surface area (TPSA) is 43.1 Å². The van der Waals surface area contributed by atoms with Crippen molar-refractivity contribution in [3.63, 3.8) is 0 Å². The van der Waals surface area contributed by atoms with Gasteiger partial charge < -0.3 is 5.73 Å². The van der Waals surface area contributed by atoms with Crippen LogP contribution in [0.3, 0.4) is 0 Å². The van der Waals surface area contributed by atoms with Gasteiger partial charge in [0.25, 0.3) is 0 Å². The van der Waals surface area contributed by atoms with Crippen LogP contribution >= 0.6 is 0 Å². The van der Waals surface area contributed by atoms with E-state index >= 15 is 0 Å². The lowest BCUT2D eigenvalue weighted by molar-refractivity contribution is 0.615. The largest absolute Gasteiger partial charge is 0.399 e. The predicted octanol–water partition coefficient (Wildman–Crippen LogP) is 2.73. The molecule has 1 aromatic carbocycles. The number of hydrogen-bond donors (Lipinski definition) is 1. The van der Waals surface area contributed by atoms with Crippen molar-refractivity contribution in [1.29, 1.82) is 0 Å². The summed E-state index contributed by atoms with van der Waals surface area (Å²) in [5.74, 6) is 1.24. The Kier molecular flexibility index (Phi) is 4.33. The van der Waals surface area contributed by atoms with E-state index in [-0.39, 0.29) is 0 Å². The van der Waals surface area contributed by atoms with E-state index < -0.39 is 10.8 Å². The molecule has 2 nitrogen and oxygen atoms in total. The van der Waals surface area contributed by atoms with Gasteiger partial charge in [-0.2, -0.15) is 0 Å². The summed E-state index contributed by atoms with van der Waals surface area (Å²) in [5, 5.41) is 0. The molecule has 0 bridgehead atoms. The first kappa shape index (κ1) is 12.2. The van der Waals surface area contributed by atoms with Gasteiger partial charge >= 0.3 is 0 Å². The number of aryl methyl sites for hydroxylation is 1. The number of anilines is 1. The third kappa shape index (κ3) is 3.34. The van der Waals surface area contributed by atoms with E-state index in [0.717, 1.165) is 28.3 Å². The Hall–Kier alpha value is -0.830. The number of hydrogen-bond acceptors (Lipinski definition) is 2. The lowest BCUT2D eigenvalue weighted by atomic mass is 10.2. The Morgan fingerprint density at radius 2 is 2.13 bits per heavy atom.